The standard InChI is InChI=1S/C35H50N2O4/c1-7-10-14-31-32(29-25-27(17-20-30(29)41-31)36-34(39)35(4,5)6)33(38)26-15-18-28(19-16-26)40-24-13-23-37(21-11-8-2)22-12-9-3/h15-20,25H,7-14,21-24H2,1-6H3,(H,36,39). The van der Waals surface area contributed by atoms with Crippen molar-refractivity contribution in [3.8, 4) is 5.75 Å². The van der Waals surface area contributed by atoms with E-state index in [0.29, 0.717) is 41.2 Å². The van der Waals surface area contributed by atoms with Crippen molar-refractivity contribution >= 4 is 28.3 Å². The Morgan fingerprint density at radius 2 is 1.49 bits per heavy atom. The summed E-state index contributed by atoms with van der Waals surface area (Å²) in [5, 5.41) is 3.71. The van der Waals surface area contributed by atoms with Gasteiger partial charge in [0, 0.05) is 35.0 Å². The first-order chi connectivity index (χ1) is 19.7. The Hall–Kier alpha value is -3.12. The summed E-state index contributed by atoms with van der Waals surface area (Å²) in [5.41, 5.74) is 1.95. The van der Waals surface area contributed by atoms with Crippen LogP contribution in [0.4, 0.5) is 5.69 Å². The van der Waals surface area contributed by atoms with Crippen molar-refractivity contribution in [3.05, 3.63) is 59.4 Å². The van der Waals surface area contributed by atoms with E-state index >= 15 is 0 Å². The van der Waals surface area contributed by atoms with E-state index in [1.165, 1.54) is 25.7 Å². The number of ether oxygens (including phenoxy) is 1. The van der Waals surface area contributed by atoms with E-state index in [1.807, 2.05) is 63.2 Å². The van der Waals surface area contributed by atoms with E-state index in [1.54, 1.807) is 0 Å². The quantitative estimate of drug-likeness (QED) is 0.132. The molecule has 0 atom stereocenters. The van der Waals surface area contributed by atoms with Gasteiger partial charge < -0.3 is 19.4 Å². The molecule has 0 aliphatic carbocycles. The molecule has 1 N–H and O–H groups in total. The zero-order chi connectivity index (χ0) is 29.8. The molecule has 0 spiro atoms. The molecular formula is C35H50N2O4. The number of amides is 1. The first-order valence-electron chi connectivity index (χ1n) is 15.5. The Kier molecular flexibility index (Phi) is 12.5. The van der Waals surface area contributed by atoms with Crippen LogP contribution in [0.25, 0.3) is 11.0 Å². The molecule has 0 saturated carbocycles. The number of furan rings is 1. The lowest BCUT2D eigenvalue weighted by Gasteiger charge is -2.21. The Morgan fingerprint density at radius 1 is 0.854 bits per heavy atom. The number of fused-ring (bicyclic) bond motifs is 1. The summed E-state index contributed by atoms with van der Waals surface area (Å²) in [5.74, 6) is 1.31. The predicted molar refractivity (Wildman–Crippen MR) is 169 cm³/mol. The average Bonchev–Trinajstić information content (AvgIpc) is 3.32. The molecule has 41 heavy (non-hydrogen) atoms. The number of nitrogens with one attached hydrogen (secondary N) is 1. The predicted octanol–water partition coefficient (Wildman–Crippen LogP) is 8.66. The minimum atomic E-state index is -0.524. The molecule has 0 fully saturated rings. The molecule has 1 amide bonds. The third kappa shape index (κ3) is 9.46. The van der Waals surface area contributed by atoms with Gasteiger partial charge in [-0.3, -0.25) is 9.59 Å². The highest BCUT2D eigenvalue weighted by Gasteiger charge is 2.24. The van der Waals surface area contributed by atoms with E-state index in [2.05, 4.69) is 31.0 Å². The topological polar surface area (TPSA) is 71.8 Å². The van der Waals surface area contributed by atoms with E-state index in [0.717, 1.165) is 50.0 Å². The average molecular weight is 563 g/mol. The lowest BCUT2D eigenvalue weighted by molar-refractivity contribution is -0.123. The first-order valence-corrected chi connectivity index (χ1v) is 15.5. The van der Waals surface area contributed by atoms with Crippen LogP contribution in [0.2, 0.25) is 0 Å². The number of hydrogen-bond acceptors (Lipinski definition) is 5. The van der Waals surface area contributed by atoms with E-state index in [4.69, 9.17) is 9.15 Å². The van der Waals surface area contributed by atoms with Crippen LogP contribution in [-0.2, 0) is 11.2 Å². The molecule has 1 heterocycles. The molecule has 3 aromatic rings. The fourth-order valence-electron chi connectivity index (χ4n) is 4.73. The van der Waals surface area contributed by atoms with Crippen LogP contribution in [-0.4, -0.2) is 42.8 Å². The van der Waals surface area contributed by atoms with Gasteiger partial charge in [-0.1, -0.05) is 60.8 Å². The van der Waals surface area contributed by atoms with Crippen molar-refractivity contribution in [1.29, 1.82) is 0 Å². The molecule has 0 bridgehead atoms. The SMILES string of the molecule is CCCCc1oc2ccc(NC(=O)C(C)(C)C)cc2c1C(=O)c1ccc(OCCCN(CCCC)CCCC)cc1. The van der Waals surface area contributed by atoms with Crippen LogP contribution in [0.1, 0.15) is 108 Å². The number of carbonyl (C=O) groups excluding carboxylic acids is 2. The normalized spacial score (nSPS) is 11.8. The van der Waals surface area contributed by atoms with Gasteiger partial charge in [0.25, 0.3) is 0 Å². The van der Waals surface area contributed by atoms with Crippen molar-refractivity contribution in [3.63, 3.8) is 0 Å². The molecular weight excluding hydrogens is 512 g/mol. The number of nitrogens with zero attached hydrogens (tertiary/aromatic N) is 1. The van der Waals surface area contributed by atoms with E-state index in [-0.39, 0.29) is 11.7 Å². The van der Waals surface area contributed by atoms with Gasteiger partial charge in [-0.2, -0.15) is 0 Å². The molecule has 1 aromatic heterocycles. The Morgan fingerprint density at radius 3 is 2.10 bits per heavy atom. The van der Waals surface area contributed by atoms with Gasteiger partial charge in [0.1, 0.15) is 17.1 Å². The number of benzene rings is 2. The largest absolute Gasteiger partial charge is 0.494 e. The van der Waals surface area contributed by atoms with Gasteiger partial charge in [0.15, 0.2) is 5.78 Å². The fraction of sp³-hybridized carbons (Fsp3) is 0.543. The van der Waals surface area contributed by atoms with E-state index < -0.39 is 5.41 Å². The van der Waals surface area contributed by atoms with Crippen LogP contribution >= 0.6 is 0 Å². The van der Waals surface area contributed by atoms with E-state index in [9.17, 15) is 9.59 Å². The summed E-state index contributed by atoms with van der Waals surface area (Å²) in [6.07, 6.45) is 8.49. The van der Waals surface area contributed by atoms with Crippen LogP contribution in [0, 0.1) is 5.41 Å². The minimum absolute atomic E-state index is 0.0790. The molecule has 0 aliphatic heterocycles. The zero-order valence-corrected chi connectivity index (χ0v) is 26.1. The van der Waals surface area contributed by atoms with Crippen molar-refractivity contribution in [1.82, 2.24) is 4.90 Å². The van der Waals surface area contributed by atoms with Gasteiger partial charge in [-0.15, -0.1) is 0 Å². The maximum Gasteiger partial charge on any atom is 0.229 e. The first kappa shape index (κ1) is 32.4. The molecule has 224 valence electrons. The highest BCUT2D eigenvalue weighted by atomic mass is 16.5. The smallest absolute Gasteiger partial charge is 0.229 e. The molecule has 0 aliphatic rings. The summed E-state index contributed by atoms with van der Waals surface area (Å²) in [6.45, 7) is 16.2. The fourth-order valence-corrected chi connectivity index (χ4v) is 4.73. The number of rotatable bonds is 17. The maximum absolute atomic E-state index is 13.8. The van der Waals surface area contributed by atoms with Crippen LogP contribution in [0.15, 0.2) is 46.9 Å². The van der Waals surface area contributed by atoms with Gasteiger partial charge in [0.05, 0.1) is 12.2 Å². The van der Waals surface area contributed by atoms with Gasteiger partial charge >= 0.3 is 0 Å². The summed E-state index contributed by atoms with van der Waals surface area (Å²) < 4.78 is 12.2. The summed E-state index contributed by atoms with van der Waals surface area (Å²) in [4.78, 5) is 29.0. The summed E-state index contributed by atoms with van der Waals surface area (Å²) in [6, 6.07) is 12.9. The van der Waals surface area contributed by atoms with Crippen molar-refractivity contribution in [2.24, 2.45) is 5.41 Å². The van der Waals surface area contributed by atoms with Gasteiger partial charge in [-0.05, 0) is 81.2 Å². The molecule has 0 unspecified atom stereocenters. The molecule has 6 nitrogen and oxygen atoms in total. The number of ketones is 1. The Balaban J connectivity index is 1.73. The Bertz CT molecular complexity index is 1250. The number of carbonyl (C=O) groups is 2. The Labute approximate surface area is 246 Å². The molecule has 6 heteroatoms. The maximum atomic E-state index is 13.8. The zero-order valence-electron chi connectivity index (χ0n) is 26.1. The highest BCUT2D eigenvalue weighted by Crippen LogP contribution is 2.32. The van der Waals surface area contributed by atoms with Crippen molar-refractivity contribution in [2.45, 2.75) is 92.9 Å². The van der Waals surface area contributed by atoms with Crippen molar-refractivity contribution < 1.29 is 18.7 Å². The summed E-state index contributed by atoms with van der Waals surface area (Å²) in [7, 11) is 0. The number of anilines is 1. The monoisotopic (exact) mass is 562 g/mol. The molecule has 3 rings (SSSR count). The molecule has 0 radical (unpaired) electrons. The minimum Gasteiger partial charge on any atom is -0.494 e. The lowest BCUT2D eigenvalue weighted by Crippen LogP contribution is -2.28. The second-order valence-corrected chi connectivity index (χ2v) is 12.0. The third-order valence-corrected chi connectivity index (χ3v) is 7.34. The van der Waals surface area contributed by atoms with Crippen LogP contribution in [0.3, 0.4) is 0 Å². The number of unbranched alkanes of at least 4 members (excludes halogenated alkanes) is 3. The summed E-state index contributed by atoms with van der Waals surface area (Å²) >= 11 is 0. The van der Waals surface area contributed by atoms with Crippen molar-refractivity contribution in [2.75, 3.05) is 31.6 Å². The second kappa shape index (κ2) is 15.8. The lowest BCUT2D eigenvalue weighted by atomic mass is 9.95. The highest BCUT2D eigenvalue weighted by molar-refractivity contribution is 6.17. The number of hydrogen-bond donors (Lipinski definition) is 1. The van der Waals surface area contributed by atoms with Gasteiger partial charge in [0.2, 0.25) is 5.91 Å². The van der Waals surface area contributed by atoms with Gasteiger partial charge in [-0.25, -0.2) is 0 Å². The second-order valence-electron chi connectivity index (χ2n) is 12.0. The number of aryl methyl sites for hydroxylation is 1. The molecule has 0 saturated heterocycles. The van der Waals surface area contributed by atoms with Crippen LogP contribution < -0.4 is 10.1 Å². The molecule has 2 aromatic carbocycles. The third-order valence-electron chi connectivity index (χ3n) is 7.34. The van der Waals surface area contributed by atoms with Crippen LogP contribution in [0.5, 0.6) is 5.75 Å².